The van der Waals surface area contributed by atoms with Crippen molar-refractivity contribution in [3.63, 3.8) is 0 Å². The SMILES string of the molecule is CCOCn1c(-c2cnc(Cl)c(Cl)c2)c(C#N)c(Cl)c1C(F)(F)F. The molecular weight excluding hydrogens is 390 g/mol. The zero-order valence-corrected chi connectivity index (χ0v) is 14.4. The molecule has 128 valence electrons. The van der Waals surface area contributed by atoms with Crippen LogP contribution in [0.5, 0.6) is 0 Å². The Bertz CT molecular complexity index is 812. The molecule has 2 heterocycles. The van der Waals surface area contributed by atoms with Gasteiger partial charge in [0, 0.05) is 18.4 Å². The molecule has 0 aromatic carbocycles. The molecule has 0 unspecified atom stereocenters. The van der Waals surface area contributed by atoms with Crippen LogP contribution in [0.3, 0.4) is 0 Å². The van der Waals surface area contributed by atoms with E-state index in [2.05, 4.69) is 4.98 Å². The van der Waals surface area contributed by atoms with Crippen LogP contribution in [0.2, 0.25) is 15.2 Å². The monoisotopic (exact) mass is 397 g/mol. The van der Waals surface area contributed by atoms with Crippen LogP contribution < -0.4 is 0 Å². The van der Waals surface area contributed by atoms with E-state index in [9.17, 15) is 18.4 Å². The van der Waals surface area contributed by atoms with Crippen LogP contribution in [0.25, 0.3) is 11.3 Å². The highest BCUT2D eigenvalue weighted by Gasteiger charge is 2.41. The summed E-state index contributed by atoms with van der Waals surface area (Å²) in [7, 11) is 0. The van der Waals surface area contributed by atoms with Crippen LogP contribution in [0.1, 0.15) is 18.2 Å². The molecule has 2 aromatic rings. The van der Waals surface area contributed by atoms with Gasteiger partial charge in [-0.3, -0.25) is 0 Å². The van der Waals surface area contributed by atoms with Gasteiger partial charge in [0.2, 0.25) is 0 Å². The third kappa shape index (κ3) is 3.47. The summed E-state index contributed by atoms with van der Waals surface area (Å²) in [5.41, 5.74) is -1.44. The van der Waals surface area contributed by atoms with Crippen LogP contribution in [0.15, 0.2) is 12.3 Å². The fraction of sp³-hybridized carbons (Fsp3) is 0.286. The van der Waals surface area contributed by atoms with E-state index < -0.39 is 23.6 Å². The standard InChI is InChI=1S/C14H9Cl3F3N3O/c1-2-24-6-23-11(7-3-9(15)13(17)22-5-7)8(4-21)10(16)12(23)14(18,19)20/h3,5H,2,6H2,1H3. The molecular formula is C14H9Cl3F3N3O. The van der Waals surface area contributed by atoms with Crippen molar-refractivity contribution in [3.05, 3.63) is 38.7 Å². The van der Waals surface area contributed by atoms with E-state index in [0.717, 1.165) is 4.57 Å². The van der Waals surface area contributed by atoms with E-state index in [4.69, 9.17) is 39.5 Å². The second-order valence-electron chi connectivity index (χ2n) is 4.54. The summed E-state index contributed by atoms with van der Waals surface area (Å²) in [4.78, 5) is 3.80. The number of pyridine rings is 1. The van der Waals surface area contributed by atoms with E-state index in [1.807, 2.05) is 0 Å². The smallest absolute Gasteiger partial charge is 0.361 e. The van der Waals surface area contributed by atoms with Crippen molar-refractivity contribution in [1.82, 2.24) is 9.55 Å². The lowest BCUT2D eigenvalue weighted by Gasteiger charge is -2.15. The molecule has 0 saturated carbocycles. The molecule has 0 spiro atoms. The first kappa shape index (κ1) is 18.9. The van der Waals surface area contributed by atoms with Gasteiger partial charge in [-0.2, -0.15) is 18.4 Å². The predicted octanol–water partition coefficient (Wildman–Crippen LogP) is 5.39. The van der Waals surface area contributed by atoms with Crippen molar-refractivity contribution in [2.24, 2.45) is 0 Å². The quantitative estimate of drug-likeness (QED) is 0.648. The first-order chi connectivity index (χ1) is 11.2. The maximum Gasteiger partial charge on any atom is 0.433 e. The maximum atomic E-state index is 13.4. The van der Waals surface area contributed by atoms with Crippen LogP contribution in [0.4, 0.5) is 13.2 Å². The van der Waals surface area contributed by atoms with E-state index in [0.29, 0.717) is 0 Å². The zero-order valence-electron chi connectivity index (χ0n) is 12.1. The van der Waals surface area contributed by atoms with E-state index in [1.165, 1.54) is 12.3 Å². The number of ether oxygens (including phenoxy) is 1. The molecule has 0 saturated heterocycles. The minimum absolute atomic E-state index is 0.0102. The third-order valence-electron chi connectivity index (χ3n) is 3.08. The lowest BCUT2D eigenvalue weighted by Crippen LogP contribution is -2.16. The molecule has 0 aliphatic carbocycles. The number of hydrogen-bond acceptors (Lipinski definition) is 3. The van der Waals surface area contributed by atoms with Crippen LogP contribution >= 0.6 is 34.8 Å². The number of halogens is 6. The van der Waals surface area contributed by atoms with Gasteiger partial charge >= 0.3 is 6.18 Å². The summed E-state index contributed by atoms with van der Waals surface area (Å²) in [6.45, 7) is 1.36. The Balaban J connectivity index is 2.82. The average Bonchev–Trinajstić information content (AvgIpc) is 2.79. The summed E-state index contributed by atoms with van der Waals surface area (Å²) >= 11 is 17.4. The summed E-state index contributed by atoms with van der Waals surface area (Å²) in [5.74, 6) is 0. The summed E-state index contributed by atoms with van der Waals surface area (Å²) < 4.78 is 46.1. The Morgan fingerprint density at radius 1 is 1.33 bits per heavy atom. The van der Waals surface area contributed by atoms with Gasteiger partial charge < -0.3 is 9.30 Å². The Kier molecular flexibility index (Phi) is 5.66. The first-order valence-corrected chi connectivity index (χ1v) is 7.64. The molecule has 0 bridgehead atoms. The number of nitriles is 1. The Morgan fingerprint density at radius 3 is 2.50 bits per heavy atom. The van der Waals surface area contributed by atoms with E-state index >= 15 is 0 Å². The lowest BCUT2D eigenvalue weighted by molar-refractivity contribution is -0.145. The van der Waals surface area contributed by atoms with Crippen molar-refractivity contribution in [1.29, 1.82) is 5.26 Å². The van der Waals surface area contributed by atoms with Crippen LogP contribution in [0, 0.1) is 11.3 Å². The van der Waals surface area contributed by atoms with Gasteiger partial charge in [0.1, 0.15) is 23.6 Å². The lowest BCUT2D eigenvalue weighted by atomic mass is 10.1. The van der Waals surface area contributed by atoms with E-state index in [1.54, 1.807) is 13.0 Å². The highest BCUT2D eigenvalue weighted by molar-refractivity contribution is 6.41. The van der Waals surface area contributed by atoms with Gasteiger partial charge in [-0.1, -0.05) is 34.8 Å². The van der Waals surface area contributed by atoms with Crippen molar-refractivity contribution >= 4 is 34.8 Å². The highest BCUT2D eigenvalue weighted by atomic mass is 35.5. The number of nitrogens with zero attached hydrogens (tertiary/aromatic N) is 3. The van der Waals surface area contributed by atoms with Gasteiger partial charge in [-0.25, -0.2) is 4.98 Å². The molecule has 2 rings (SSSR count). The zero-order chi connectivity index (χ0) is 18.1. The molecule has 0 aliphatic heterocycles. The molecule has 2 aromatic heterocycles. The van der Waals surface area contributed by atoms with Crippen molar-refractivity contribution in [3.8, 4) is 17.3 Å². The van der Waals surface area contributed by atoms with Gasteiger partial charge in [0.25, 0.3) is 0 Å². The summed E-state index contributed by atoms with van der Waals surface area (Å²) in [5, 5.41) is 8.60. The second kappa shape index (κ2) is 7.19. The van der Waals surface area contributed by atoms with Gasteiger partial charge in [-0.15, -0.1) is 0 Å². The van der Waals surface area contributed by atoms with Crippen molar-refractivity contribution in [2.75, 3.05) is 6.61 Å². The molecule has 0 radical (unpaired) electrons. The normalized spacial score (nSPS) is 11.6. The molecule has 0 amide bonds. The van der Waals surface area contributed by atoms with Gasteiger partial charge in [0.05, 0.1) is 21.3 Å². The largest absolute Gasteiger partial charge is 0.433 e. The number of hydrogen-bond donors (Lipinski definition) is 0. The fourth-order valence-corrected chi connectivity index (χ4v) is 2.74. The molecule has 4 nitrogen and oxygen atoms in total. The van der Waals surface area contributed by atoms with Gasteiger partial charge in [0.15, 0.2) is 0 Å². The topological polar surface area (TPSA) is 50.8 Å². The van der Waals surface area contributed by atoms with Crippen molar-refractivity contribution in [2.45, 2.75) is 19.8 Å². The van der Waals surface area contributed by atoms with Gasteiger partial charge in [-0.05, 0) is 13.0 Å². The maximum absolute atomic E-state index is 13.4. The first-order valence-electron chi connectivity index (χ1n) is 6.50. The Labute approximate surface area is 150 Å². The van der Waals surface area contributed by atoms with Crippen LogP contribution in [-0.4, -0.2) is 16.2 Å². The number of alkyl halides is 3. The minimum Gasteiger partial charge on any atom is -0.361 e. The number of rotatable bonds is 4. The minimum atomic E-state index is -4.78. The third-order valence-corrected chi connectivity index (χ3v) is 4.13. The predicted molar refractivity (Wildman–Crippen MR) is 84.0 cm³/mol. The molecule has 0 atom stereocenters. The second-order valence-corrected chi connectivity index (χ2v) is 5.69. The van der Waals surface area contributed by atoms with Crippen molar-refractivity contribution < 1.29 is 17.9 Å². The molecule has 10 heteroatoms. The average molecular weight is 399 g/mol. The highest BCUT2D eigenvalue weighted by Crippen LogP contribution is 2.43. The molecule has 0 aliphatic rings. The van der Waals surface area contributed by atoms with E-state index in [-0.39, 0.29) is 33.6 Å². The molecule has 0 fully saturated rings. The summed E-state index contributed by atoms with van der Waals surface area (Å²) in [6, 6.07) is 3.01. The molecule has 24 heavy (non-hydrogen) atoms. The fourth-order valence-electron chi connectivity index (χ4n) is 2.13. The van der Waals surface area contributed by atoms with Crippen LogP contribution in [-0.2, 0) is 17.6 Å². The summed E-state index contributed by atoms with van der Waals surface area (Å²) in [6.07, 6.45) is -3.56. The Morgan fingerprint density at radius 2 is 2.00 bits per heavy atom. The Hall–Kier alpha value is -1.46. The molecule has 0 N–H and O–H groups in total. The number of aromatic nitrogens is 2.